The van der Waals surface area contributed by atoms with Crippen LogP contribution in [0.15, 0.2) is 42.7 Å². The van der Waals surface area contributed by atoms with E-state index in [1.165, 1.54) is 11.3 Å². The van der Waals surface area contributed by atoms with E-state index in [0.29, 0.717) is 0 Å². The van der Waals surface area contributed by atoms with E-state index < -0.39 is 0 Å². The Morgan fingerprint density at radius 3 is 2.75 bits per heavy atom. The molecule has 7 nitrogen and oxygen atoms in total. The molecule has 1 aromatic heterocycles. The van der Waals surface area contributed by atoms with Crippen LogP contribution in [-0.4, -0.2) is 55.1 Å². The standard InChI is InChI=1S/C21H27N5O2/c1-15-14-22-7-6-20(15)25-8-10-26(11-9-25)21(27)19-13-18(23-24-19)16-4-3-5-17(12-16)28-2/h3-7,12,14,18-19,23-24H,8-11,13H2,1-2H3. The second-order valence-corrected chi connectivity index (χ2v) is 7.38. The SMILES string of the molecule is COc1cccc(C2CC(C(=O)N3CCN(c4ccncc4C)CC3)NN2)c1. The fraction of sp³-hybridized carbons (Fsp3) is 0.429. The van der Waals surface area contributed by atoms with Crippen LogP contribution in [0.1, 0.15) is 23.6 Å². The molecule has 7 heteroatoms. The van der Waals surface area contributed by atoms with Gasteiger partial charge in [0.2, 0.25) is 5.91 Å². The fourth-order valence-electron chi connectivity index (χ4n) is 4.00. The van der Waals surface area contributed by atoms with Gasteiger partial charge in [-0.05, 0) is 42.7 Å². The number of ether oxygens (including phenoxy) is 1. The van der Waals surface area contributed by atoms with Crippen LogP contribution in [0, 0.1) is 6.92 Å². The predicted molar refractivity (Wildman–Crippen MR) is 108 cm³/mol. The van der Waals surface area contributed by atoms with E-state index in [9.17, 15) is 4.79 Å². The third kappa shape index (κ3) is 3.81. The van der Waals surface area contributed by atoms with Crippen LogP contribution in [-0.2, 0) is 4.79 Å². The van der Waals surface area contributed by atoms with Gasteiger partial charge >= 0.3 is 0 Å². The molecule has 3 heterocycles. The Hall–Kier alpha value is -2.64. The number of anilines is 1. The summed E-state index contributed by atoms with van der Waals surface area (Å²) in [6, 6.07) is 9.93. The Morgan fingerprint density at radius 1 is 1.18 bits per heavy atom. The Balaban J connectivity index is 1.34. The third-order valence-corrected chi connectivity index (χ3v) is 5.62. The number of benzene rings is 1. The molecule has 2 aliphatic heterocycles. The fourth-order valence-corrected chi connectivity index (χ4v) is 4.00. The summed E-state index contributed by atoms with van der Waals surface area (Å²) in [4.78, 5) is 21.5. The molecule has 1 amide bonds. The quantitative estimate of drug-likeness (QED) is 0.839. The number of nitrogens with one attached hydrogen (secondary N) is 2. The van der Waals surface area contributed by atoms with E-state index in [-0.39, 0.29) is 18.0 Å². The first-order valence-corrected chi connectivity index (χ1v) is 9.75. The van der Waals surface area contributed by atoms with Crippen LogP contribution >= 0.6 is 0 Å². The number of aryl methyl sites for hydroxylation is 1. The van der Waals surface area contributed by atoms with E-state index in [0.717, 1.165) is 43.9 Å². The molecule has 1 aromatic carbocycles. The molecule has 28 heavy (non-hydrogen) atoms. The van der Waals surface area contributed by atoms with Gasteiger partial charge in [0.15, 0.2) is 0 Å². The average Bonchev–Trinajstić information content (AvgIpc) is 3.24. The van der Waals surface area contributed by atoms with Gasteiger partial charge in [-0.25, -0.2) is 10.9 Å². The molecule has 0 aliphatic carbocycles. The second kappa shape index (κ2) is 8.16. The first-order valence-electron chi connectivity index (χ1n) is 9.75. The van der Waals surface area contributed by atoms with Crippen molar-refractivity contribution in [2.24, 2.45) is 0 Å². The van der Waals surface area contributed by atoms with Gasteiger partial charge in [-0.3, -0.25) is 9.78 Å². The molecule has 2 unspecified atom stereocenters. The van der Waals surface area contributed by atoms with E-state index >= 15 is 0 Å². The number of hydrogen-bond donors (Lipinski definition) is 2. The lowest BCUT2D eigenvalue weighted by Crippen LogP contribution is -2.53. The molecule has 0 radical (unpaired) electrons. The maximum absolute atomic E-state index is 13.0. The van der Waals surface area contributed by atoms with Crippen molar-refractivity contribution in [2.45, 2.75) is 25.4 Å². The van der Waals surface area contributed by atoms with Gasteiger partial charge in [0, 0.05) is 50.3 Å². The molecular formula is C21H27N5O2. The Morgan fingerprint density at radius 2 is 2.00 bits per heavy atom. The number of nitrogens with zero attached hydrogens (tertiary/aromatic N) is 3. The monoisotopic (exact) mass is 381 g/mol. The Kier molecular flexibility index (Phi) is 5.45. The number of pyridine rings is 1. The van der Waals surface area contributed by atoms with Crippen molar-refractivity contribution in [3.63, 3.8) is 0 Å². The number of aromatic nitrogens is 1. The van der Waals surface area contributed by atoms with Gasteiger partial charge in [0.25, 0.3) is 0 Å². The normalized spacial score (nSPS) is 22.4. The molecule has 0 spiro atoms. The molecule has 2 N–H and O–H groups in total. The molecule has 2 atom stereocenters. The number of carbonyl (C=O) groups excluding carboxylic acids is 1. The van der Waals surface area contributed by atoms with Gasteiger partial charge in [-0.1, -0.05) is 12.1 Å². The van der Waals surface area contributed by atoms with Gasteiger partial charge in [0.1, 0.15) is 11.8 Å². The number of hydrazine groups is 1. The lowest BCUT2D eigenvalue weighted by Gasteiger charge is -2.37. The van der Waals surface area contributed by atoms with E-state index in [1.807, 2.05) is 41.6 Å². The van der Waals surface area contributed by atoms with Crippen LogP contribution in [0.25, 0.3) is 0 Å². The summed E-state index contributed by atoms with van der Waals surface area (Å²) < 4.78 is 5.31. The van der Waals surface area contributed by atoms with Gasteiger partial charge in [0.05, 0.1) is 7.11 Å². The Bertz CT molecular complexity index is 835. The van der Waals surface area contributed by atoms with Crippen molar-refractivity contribution in [1.29, 1.82) is 0 Å². The van der Waals surface area contributed by atoms with E-state index in [1.54, 1.807) is 7.11 Å². The molecule has 2 fully saturated rings. The maximum atomic E-state index is 13.0. The number of piperazine rings is 1. The van der Waals surface area contributed by atoms with Crippen LogP contribution in [0.4, 0.5) is 5.69 Å². The van der Waals surface area contributed by atoms with Crippen LogP contribution in [0.3, 0.4) is 0 Å². The van der Waals surface area contributed by atoms with Gasteiger partial charge in [-0.15, -0.1) is 0 Å². The minimum Gasteiger partial charge on any atom is -0.497 e. The lowest BCUT2D eigenvalue weighted by atomic mass is 10.0. The number of carbonyl (C=O) groups is 1. The highest BCUT2D eigenvalue weighted by molar-refractivity contribution is 5.82. The second-order valence-electron chi connectivity index (χ2n) is 7.38. The lowest BCUT2D eigenvalue weighted by molar-refractivity contribution is -0.133. The number of hydrogen-bond acceptors (Lipinski definition) is 6. The molecule has 148 valence electrons. The first kappa shape index (κ1) is 18.7. The number of methoxy groups -OCH3 is 1. The summed E-state index contributed by atoms with van der Waals surface area (Å²) in [6.07, 6.45) is 4.45. The Labute approximate surface area is 165 Å². The van der Waals surface area contributed by atoms with Crippen LogP contribution in [0.2, 0.25) is 0 Å². The molecule has 0 saturated carbocycles. The molecule has 2 saturated heterocycles. The van der Waals surface area contributed by atoms with Gasteiger partial charge < -0.3 is 14.5 Å². The van der Waals surface area contributed by atoms with E-state index in [4.69, 9.17) is 4.74 Å². The summed E-state index contributed by atoms with van der Waals surface area (Å²) in [5.74, 6) is 1.00. The largest absolute Gasteiger partial charge is 0.497 e. The van der Waals surface area contributed by atoms with Crippen molar-refractivity contribution in [3.8, 4) is 5.75 Å². The molecule has 2 aromatic rings. The van der Waals surface area contributed by atoms with Crippen molar-refractivity contribution in [2.75, 3.05) is 38.2 Å². The highest BCUT2D eigenvalue weighted by Crippen LogP contribution is 2.26. The minimum atomic E-state index is -0.203. The summed E-state index contributed by atoms with van der Waals surface area (Å²) >= 11 is 0. The van der Waals surface area contributed by atoms with E-state index in [2.05, 4.69) is 33.7 Å². The maximum Gasteiger partial charge on any atom is 0.241 e. The molecule has 2 aliphatic rings. The summed E-state index contributed by atoms with van der Waals surface area (Å²) in [7, 11) is 1.67. The summed E-state index contributed by atoms with van der Waals surface area (Å²) in [5.41, 5.74) is 9.96. The molecule has 0 bridgehead atoms. The zero-order chi connectivity index (χ0) is 19.5. The van der Waals surface area contributed by atoms with Crippen molar-refractivity contribution < 1.29 is 9.53 Å². The average molecular weight is 381 g/mol. The highest BCUT2D eigenvalue weighted by Gasteiger charge is 2.34. The third-order valence-electron chi connectivity index (χ3n) is 5.62. The van der Waals surface area contributed by atoms with Crippen molar-refractivity contribution in [1.82, 2.24) is 20.7 Å². The van der Waals surface area contributed by atoms with Crippen molar-refractivity contribution in [3.05, 3.63) is 53.9 Å². The van der Waals surface area contributed by atoms with Gasteiger partial charge in [-0.2, -0.15) is 0 Å². The number of rotatable bonds is 4. The smallest absolute Gasteiger partial charge is 0.241 e. The summed E-state index contributed by atoms with van der Waals surface area (Å²) in [5, 5.41) is 0. The molecular weight excluding hydrogens is 354 g/mol. The minimum absolute atomic E-state index is 0.102. The topological polar surface area (TPSA) is 69.7 Å². The zero-order valence-electron chi connectivity index (χ0n) is 16.4. The zero-order valence-corrected chi connectivity index (χ0v) is 16.4. The number of amides is 1. The predicted octanol–water partition coefficient (Wildman–Crippen LogP) is 1.66. The van der Waals surface area contributed by atoms with Crippen molar-refractivity contribution >= 4 is 11.6 Å². The molecule has 4 rings (SSSR count). The van der Waals surface area contributed by atoms with Crippen LogP contribution < -0.4 is 20.5 Å². The first-order chi connectivity index (χ1) is 13.7. The summed E-state index contributed by atoms with van der Waals surface area (Å²) in [6.45, 7) is 5.24. The van der Waals surface area contributed by atoms with Crippen LogP contribution in [0.5, 0.6) is 5.75 Å². The highest BCUT2D eigenvalue weighted by atomic mass is 16.5.